The molecule has 5 rings (SSSR count). The maximum absolute atomic E-state index is 13.1. The molecule has 0 radical (unpaired) electrons. The first-order valence-corrected chi connectivity index (χ1v) is 19.1. The van der Waals surface area contributed by atoms with E-state index in [0.717, 1.165) is 18.4 Å². The Morgan fingerprint density at radius 2 is 1.67 bits per heavy atom. The predicted molar refractivity (Wildman–Crippen MR) is 200 cm³/mol. The van der Waals surface area contributed by atoms with E-state index in [1.54, 1.807) is 65.0 Å². The van der Waals surface area contributed by atoms with Gasteiger partial charge in [0, 0.05) is 40.3 Å². The van der Waals surface area contributed by atoms with Crippen molar-refractivity contribution in [2.45, 2.75) is 82.1 Å². The Balaban J connectivity index is 1.21. The van der Waals surface area contributed by atoms with Gasteiger partial charge in [0.25, 0.3) is 5.91 Å². The van der Waals surface area contributed by atoms with Crippen LogP contribution in [0.15, 0.2) is 61.2 Å². The Kier molecular flexibility index (Phi) is 11.6. The molecule has 2 aliphatic carbocycles. The second kappa shape index (κ2) is 15.2. The zero-order valence-electron chi connectivity index (χ0n) is 30.6. The van der Waals surface area contributed by atoms with Gasteiger partial charge < -0.3 is 25.8 Å². The van der Waals surface area contributed by atoms with Crippen molar-refractivity contribution in [3.05, 3.63) is 77.3 Å². The number of alkyl halides is 3. The molecular formula is C36H46ClF3N8O5S. The second-order valence-electron chi connectivity index (χ2n) is 15.4. The van der Waals surface area contributed by atoms with Crippen LogP contribution in [0.4, 0.5) is 30.8 Å². The van der Waals surface area contributed by atoms with E-state index < -0.39 is 62.2 Å². The molecule has 0 aliphatic heterocycles. The van der Waals surface area contributed by atoms with Crippen molar-refractivity contribution in [2.75, 3.05) is 30.3 Å². The van der Waals surface area contributed by atoms with Gasteiger partial charge in [0.15, 0.2) is 6.61 Å². The number of aliphatic hydroxyl groups is 1. The molecule has 2 aromatic carbocycles. The molecule has 0 saturated heterocycles. The normalized spacial score (nSPS) is 20.1. The van der Waals surface area contributed by atoms with Crippen LogP contribution in [0.3, 0.4) is 0 Å². The standard InChI is InChI=1S/C36H46ClF3N8O5S/c1-7-23-18-35(23,20-42-54(51,52)32(2,3)4)47-28(50)33(5,6)19-41-27(49)22-8-14-26(15-9-22)43-29-44-30(46-31(45-29)53-21-36(38,39)40)48-34(16-17-34)24-10-12-25(37)13-11-24/h7-15,23,28,42,47,50H,1,16-21H2,2-6H3,(H,41,49)(H2,43,44,45,46,48). The van der Waals surface area contributed by atoms with Gasteiger partial charge >= 0.3 is 12.2 Å². The number of nitrogens with one attached hydrogen (secondary N) is 5. The highest BCUT2D eigenvalue weighted by Crippen LogP contribution is 2.48. The first-order valence-electron chi connectivity index (χ1n) is 17.3. The number of benzene rings is 2. The van der Waals surface area contributed by atoms with Crippen molar-refractivity contribution < 1.29 is 36.2 Å². The summed E-state index contributed by atoms with van der Waals surface area (Å²) in [5, 5.41) is 23.9. The zero-order chi connectivity index (χ0) is 39.7. The van der Waals surface area contributed by atoms with Crippen LogP contribution in [0, 0.1) is 11.3 Å². The number of carbonyl (C=O) groups is 1. The first-order chi connectivity index (χ1) is 25.1. The maximum Gasteiger partial charge on any atom is 0.422 e. The van der Waals surface area contributed by atoms with Gasteiger partial charge in [0.1, 0.15) is 6.23 Å². The second-order valence-corrected chi connectivity index (χ2v) is 18.4. The van der Waals surface area contributed by atoms with Gasteiger partial charge in [-0.25, -0.2) is 13.1 Å². The smallest absolute Gasteiger partial charge is 0.422 e. The topological polar surface area (TPSA) is 179 Å². The number of rotatable bonds is 17. The summed E-state index contributed by atoms with van der Waals surface area (Å²) in [6.45, 7) is 10.7. The number of hydrogen-bond acceptors (Lipinski definition) is 11. The zero-order valence-corrected chi connectivity index (χ0v) is 32.2. The summed E-state index contributed by atoms with van der Waals surface area (Å²) in [7, 11) is -3.62. The number of aliphatic hydroxyl groups excluding tert-OH is 1. The highest BCUT2D eigenvalue weighted by Gasteiger charge is 2.55. The molecule has 1 heterocycles. The number of ether oxygens (including phenoxy) is 1. The van der Waals surface area contributed by atoms with Crippen molar-refractivity contribution in [2.24, 2.45) is 11.3 Å². The van der Waals surface area contributed by atoms with Crippen molar-refractivity contribution in [3.63, 3.8) is 0 Å². The number of nitrogens with zero attached hydrogens (tertiary/aromatic N) is 3. The number of sulfonamides is 1. The molecule has 13 nitrogen and oxygen atoms in total. The van der Waals surface area contributed by atoms with Crippen molar-refractivity contribution in [1.82, 2.24) is 30.3 Å². The van der Waals surface area contributed by atoms with Crippen LogP contribution in [0.2, 0.25) is 5.02 Å². The van der Waals surface area contributed by atoms with E-state index in [1.165, 1.54) is 12.1 Å². The Morgan fingerprint density at radius 1 is 1.04 bits per heavy atom. The van der Waals surface area contributed by atoms with Gasteiger partial charge in [0.2, 0.25) is 21.9 Å². The van der Waals surface area contributed by atoms with Gasteiger partial charge in [-0.15, -0.1) is 6.58 Å². The molecule has 6 N–H and O–H groups in total. The van der Waals surface area contributed by atoms with Crippen molar-refractivity contribution in [3.8, 4) is 6.01 Å². The molecule has 2 aliphatic rings. The van der Waals surface area contributed by atoms with Gasteiger partial charge in [-0.2, -0.15) is 28.1 Å². The van der Waals surface area contributed by atoms with E-state index in [1.807, 2.05) is 12.1 Å². The summed E-state index contributed by atoms with van der Waals surface area (Å²) in [5.41, 5.74) is -0.480. The Bertz CT molecular complexity index is 1940. The average Bonchev–Trinajstić information content (AvgIpc) is 4.01. The van der Waals surface area contributed by atoms with Crippen LogP contribution < -0.4 is 30.7 Å². The summed E-state index contributed by atoms with van der Waals surface area (Å²) >= 11 is 6.04. The lowest BCUT2D eigenvalue weighted by Gasteiger charge is -2.35. The van der Waals surface area contributed by atoms with Crippen molar-refractivity contribution in [1.29, 1.82) is 0 Å². The van der Waals surface area contributed by atoms with Gasteiger partial charge in [-0.3, -0.25) is 10.1 Å². The minimum Gasteiger partial charge on any atom is -0.454 e. The number of carbonyl (C=O) groups excluding carboxylic acids is 1. The third-order valence-electron chi connectivity index (χ3n) is 9.55. The molecular weight excluding hydrogens is 749 g/mol. The largest absolute Gasteiger partial charge is 0.454 e. The lowest BCUT2D eigenvalue weighted by atomic mass is 9.90. The number of aromatic nitrogens is 3. The molecule has 1 aromatic heterocycles. The highest BCUT2D eigenvalue weighted by atomic mass is 35.5. The van der Waals surface area contributed by atoms with E-state index in [-0.39, 0.29) is 30.9 Å². The van der Waals surface area contributed by atoms with E-state index in [9.17, 15) is 31.5 Å². The van der Waals surface area contributed by atoms with Gasteiger partial charge in [-0.05, 0) is 87.9 Å². The molecule has 294 valence electrons. The van der Waals surface area contributed by atoms with Crippen LogP contribution >= 0.6 is 11.6 Å². The maximum atomic E-state index is 13.1. The van der Waals surface area contributed by atoms with Crippen LogP contribution in [-0.2, 0) is 15.6 Å². The lowest BCUT2D eigenvalue weighted by molar-refractivity contribution is -0.154. The van der Waals surface area contributed by atoms with Gasteiger partial charge in [0.05, 0.1) is 10.3 Å². The van der Waals surface area contributed by atoms with Gasteiger partial charge in [-0.1, -0.05) is 43.7 Å². The third-order valence-corrected chi connectivity index (χ3v) is 11.9. The molecule has 54 heavy (non-hydrogen) atoms. The fourth-order valence-electron chi connectivity index (χ4n) is 5.58. The fourth-order valence-corrected chi connectivity index (χ4v) is 6.59. The summed E-state index contributed by atoms with van der Waals surface area (Å²) in [6, 6.07) is 12.9. The molecule has 2 fully saturated rings. The van der Waals surface area contributed by atoms with E-state index in [2.05, 4.69) is 47.5 Å². The molecule has 3 unspecified atom stereocenters. The Morgan fingerprint density at radius 3 is 2.22 bits per heavy atom. The molecule has 18 heteroatoms. The Hall–Kier alpha value is -4.03. The number of hydrogen-bond donors (Lipinski definition) is 6. The molecule has 3 aromatic rings. The third kappa shape index (κ3) is 10.2. The molecule has 0 spiro atoms. The lowest BCUT2D eigenvalue weighted by Crippen LogP contribution is -2.56. The summed E-state index contributed by atoms with van der Waals surface area (Å²) < 4.78 is 70.8. The number of anilines is 3. The quantitative estimate of drug-likeness (QED) is 0.0736. The minimum absolute atomic E-state index is 0.00578. The minimum atomic E-state index is -4.61. The van der Waals surface area contributed by atoms with Crippen molar-refractivity contribution >= 4 is 45.1 Å². The number of amides is 1. The van der Waals surface area contributed by atoms with Crippen LogP contribution in [-0.4, -0.2) is 76.8 Å². The van der Waals surface area contributed by atoms with Crippen LogP contribution in [0.25, 0.3) is 0 Å². The Labute approximate surface area is 318 Å². The summed E-state index contributed by atoms with van der Waals surface area (Å²) in [6.07, 6.45) is -1.96. The highest BCUT2D eigenvalue weighted by molar-refractivity contribution is 7.90. The average molecular weight is 795 g/mol. The van der Waals surface area contributed by atoms with E-state index >= 15 is 0 Å². The SMILES string of the molecule is C=CC1CC1(CNS(=O)(=O)C(C)(C)C)NC(O)C(C)(C)CNC(=O)c1ccc(Nc2nc(NC3(c4ccc(Cl)cc4)CC3)nc(OCC(F)(F)F)n2)cc1. The fraction of sp³-hybridized carbons (Fsp3) is 0.500. The summed E-state index contributed by atoms with van der Waals surface area (Å²) in [5.74, 6) is -0.561. The monoisotopic (exact) mass is 794 g/mol. The predicted octanol–water partition coefficient (Wildman–Crippen LogP) is 5.64. The van der Waals surface area contributed by atoms with E-state index in [0.29, 0.717) is 22.7 Å². The van der Waals surface area contributed by atoms with Crippen LogP contribution in [0.1, 0.15) is 69.8 Å². The molecule has 0 bridgehead atoms. The molecule has 2 saturated carbocycles. The molecule has 3 atom stereocenters. The summed E-state index contributed by atoms with van der Waals surface area (Å²) in [4.78, 5) is 25.6. The molecule has 1 amide bonds. The van der Waals surface area contributed by atoms with E-state index in [4.69, 9.17) is 16.3 Å². The number of halogens is 4. The van der Waals surface area contributed by atoms with Crippen LogP contribution in [0.5, 0.6) is 6.01 Å². The first kappa shape index (κ1) is 41.1.